The molecule has 130 valence electrons. The molecular weight excluding hydrogens is 328 g/mol. The molecule has 0 saturated carbocycles. The molecule has 0 N–H and O–H groups in total. The molecule has 0 bridgehead atoms. The molecule has 0 fully saturated rings. The van der Waals surface area contributed by atoms with E-state index >= 15 is 0 Å². The van der Waals surface area contributed by atoms with Crippen molar-refractivity contribution in [3.63, 3.8) is 0 Å². The molecule has 0 aliphatic heterocycles. The van der Waals surface area contributed by atoms with E-state index in [1.807, 2.05) is 48.5 Å². The molecule has 5 nitrogen and oxygen atoms in total. The molecule has 4 rings (SSSR count). The van der Waals surface area contributed by atoms with Crippen molar-refractivity contribution in [3.8, 4) is 0 Å². The molecule has 0 aliphatic rings. The van der Waals surface area contributed by atoms with Crippen molar-refractivity contribution in [1.82, 2.24) is 9.47 Å². The van der Waals surface area contributed by atoms with E-state index in [9.17, 15) is 9.59 Å². The normalized spacial score (nSPS) is 11.2. The Hall–Kier alpha value is -3.34. The summed E-state index contributed by atoms with van der Waals surface area (Å²) in [5, 5.41) is 1.23. The first-order valence-electron chi connectivity index (χ1n) is 8.37. The highest BCUT2D eigenvalue weighted by atomic mass is 16.4. The van der Waals surface area contributed by atoms with Gasteiger partial charge in [-0.25, -0.2) is 4.79 Å². The van der Waals surface area contributed by atoms with Crippen molar-refractivity contribution < 1.29 is 9.21 Å². The molecule has 5 heteroatoms. The van der Waals surface area contributed by atoms with Crippen LogP contribution in [-0.2, 0) is 13.6 Å². The molecule has 2 aromatic carbocycles. The number of aryl methyl sites for hydroxylation is 1. The Kier molecular flexibility index (Phi) is 3.84. The lowest BCUT2D eigenvalue weighted by atomic mass is 10.2. The zero-order valence-corrected chi connectivity index (χ0v) is 14.6. The summed E-state index contributed by atoms with van der Waals surface area (Å²) in [4.78, 5) is 26.9. The van der Waals surface area contributed by atoms with Crippen LogP contribution in [0.2, 0.25) is 0 Å². The highest BCUT2D eigenvalue weighted by Crippen LogP contribution is 2.25. The van der Waals surface area contributed by atoms with Crippen LogP contribution >= 0.6 is 0 Å². The van der Waals surface area contributed by atoms with Crippen molar-refractivity contribution in [2.45, 2.75) is 6.54 Å². The summed E-state index contributed by atoms with van der Waals surface area (Å²) in [5.41, 5.74) is 2.31. The maximum Gasteiger partial charge on any atom is 0.345 e. The third-order valence-corrected chi connectivity index (χ3v) is 4.63. The smallest absolute Gasteiger partial charge is 0.345 e. The number of carbonyl (C=O) groups excluding carboxylic acids is 1. The van der Waals surface area contributed by atoms with Crippen LogP contribution in [0.4, 0.5) is 0 Å². The Labute approximate surface area is 150 Å². The number of hydrogen-bond donors (Lipinski definition) is 0. The third kappa shape index (κ3) is 2.58. The van der Waals surface area contributed by atoms with Crippen LogP contribution in [0, 0.1) is 0 Å². The summed E-state index contributed by atoms with van der Waals surface area (Å²) in [6.45, 7) is 0.497. The first-order valence-corrected chi connectivity index (χ1v) is 8.37. The van der Waals surface area contributed by atoms with Gasteiger partial charge in [0.1, 0.15) is 11.3 Å². The Morgan fingerprint density at radius 1 is 1.04 bits per heavy atom. The Balaban J connectivity index is 1.80. The van der Waals surface area contributed by atoms with Gasteiger partial charge >= 0.3 is 5.63 Å². The van der Waals surface area contributed by atoms with E-state index in [2.05, 4.69) is 0 Å². The molecule has 0 unspecified atom stereocenters. The molecule has 0 atom stereocenters. The SMILES string of the molecule is CN(Cc1ccccc1)C(=O)c1cc2c(=O)oc3ccccc3c2n1C. The van der Waals surface area contributed by atoms with Gasteiger partial charge in [-0.3, -0.25) is 4.79 Å². The quantitative estimate of drug-likeness (QED) is 0.533. The molecule has 4 aromatic rings. The van der Waals surface area contributed by atoms with Crippen molar-refractivity contribution in [2.24, 2.45) is 7.05 Å². The van der Waals surface area contributed by atoms with Gasteiger partial charge in [-0.15, -0.1) is 0 Å². The Morgan fingerprint density at radius 2 is 1.73 bits per heavy atom. The maximum atomic E-state index is 13.0. The van der Waals surface area contributed by atoms with Gasteiger partial charge in [0.15, 0.2) is 0 Å². The van der Waals surface area contributed by atoms with Gasteiger partial charge in [0, 0.05) is 26.0 Å². The fourth-order valence-electron chi connectivity index (χ4n) is 3.32. The fourth-order valence-corrected chi connectivity index (χ4v) is 3.32. The summed E-state index contributed by atoms with van der Waals surface area (Å²) >= 11 is 0. The topological polar surface area (TPSA) is 55.5 Å². The van der Waals surface area contributed by atoms with Gasteiger partial charge in [-0.1, -0.05) is 42.5 Å². The lowest BCUT2D eigenvalue weighted by molar-refractivity contribution is 0.0776. The van der Waals surface area contributed by atoms with E-state index in [1.165, 1.54) is 0 Å². The third-order valence-electron chi connectivity index (χ3n) is 4.63. The van der Waals surface area contributed by atoms with Crippen LogP contribution in [0.25, 0.3) is 21.9 Å². The number of aromatic nitrogens is 1. The van der Waals surface area contributed by atoms with Crippen molar-refractivity contribution in [2.75, 3.05) is 7.05 Å². The van der Waals surface area contributed by atoms with E-state index in [1.54, 1.807) is 35.7 Å². The molecule has 0 radical (unpaired) electrons. The predicted molar refractivity (Wildman–Crippen MR) is 101 cm³/mol. The highest BCUT2D eigenvalue weighted by molar-refractivity contribution is 6.07. The second kappa shape index (κ2) is 6.19. The molecule has 0 saturated heterocycles. The number of nitrogens with zero attached hydrogens (tertiary/aromatic N) is 2. The predicted octanol–water partition coefficient (Wildman–Crippen LogP) is 3.56. The summed E-state index contributed by atoms with van der Waals surface area (Å²) < 4.78 is 7.16. The summed E-state index contributed by atoms with van der Waals surface area (Å²) in [5.74, 6) is -0.143. The number of rotatable bonds is 3. The van der Waals surface area contributed by atoms with E-state index < -0.39 is 5.63 Å². The number of benzene rings is 2. The van der Waals surface area contributed by atoms with Crippen LogP contribution in [0.5, 0.6) is 0 Å². The number of fused-ring (bicyclic) bond motifs is 3. The van der Waals surface area contributed by atoms with Gasteiger partial charge in [0.05, 0.1) is 10.9 Å². The standard InChI is InChI=1S/C21H18N2O3/c1-22(13-14-8-4-3-5-9-14)20(24)17-12-16-19(23(17)2)15-10-6-7-11-18(15)26-21(16)25/h3-12H,13H2,1-2H3. The van der Waals surface area contributed by atoms with Gasteiger partial charge in [-0.05, 0) is 23.8 Å². The molecule has 0 aliphatic carbocycles. The van der Waals surface area contributed by atoms with E-state index in [0.29, 0.717) is 28.7 Å². The van der Waals surface area contributed by atoms with Gasteiger partial charge in [-0.2, -0.15) is 0 Å². The average Bonchev–Trinajstić information content (AvgIpc) is 3.00. The first-order chi connectivity index (χ1) is 12.6. The molecular formula is C21H18N2O3. The molecule has 2 aromatic heterocycles. The van der Waals surface area contributed by atoms with E-state index in [4.69, 9.17) is 4.42 Å². The van der Waals surface area contributed by atoms with Crippen LogP contribution in [-0.4, -0.2) is 22.4 Å². The van der Waals surface area contributed by atoms with Gasteiger partial charge < -0.3 is 13.9 Å². The van der Waals surface area contributed by atoms with Gasteiger partial charge in [0.25, 0.3) is 5.91 Å². The number of hydrogen-bond acceptors (Lipinski definition) is 3. The molecule has 1 amide bonds. The Morgan fingerprint density at radius 3 is 2.50 bits per heavy atom. The maximum absolute atomic E-state index is 13.0. The fraction of sp³-hybridized carbons (Fsp3) is 0.143. The summed E-state index contributed by atoms with van der Waals surface area (Å²) in [6, 6.07) is 18.8. The van der Waals surface area contributed by atoms with Crippen LogP contribution in [0.15, 0.2) is 69.9 Å². The van der Waals surface area contributed by atoms with Crippen LogP contribution in [0.3, 0.4) is 0 Å². The minimum Gasteiger partial charge on any atom is -0.422 e. The van der Waals surface area contributed by atoms with Crippen molar-refractivity contribution >= 4 is 27.8 Å². The highest BCUT2D eigenvalue weighted by Gasteiger charge is 2.21. The largest absolute Gasteiger partial charge is 0.422 e. The number of para-hydroxylation sites is 1. The number of amides is 1. The van der Waals surface area contributed by atoms with Crippen LogP contribution in [0.1, 0.15) is 16.1 Å². The summed E-state index contributed by atoms with van der Waals surface area (Å²) in [7, 11) is 3.56. The minimum absolute atomic E-state index is 0.143. The summed E-state index contributed by atoms with van der Waals surface area (Å²) in [6.07, 6.45) is 0. The van der Waals surface area contributed by atoms with Crippen molar-refractivity contribution in [1.29, 1.82) is 0 Å². The second-order valence-corrected chi connectivity index (χ2v) is 6.38. The zero-order chi connectivity index (χ0) is 18.3. The first kappa shape index (κ1) is 16.1. The monoisotopic (exact) mass is 346 g/mol. The minimum atomic E-state index is -0.431. The van der Waals surface area contributed by atoms with Crippen molar-refractivity contribution in [3.05, 3.63) is 82.3 Å². The second-order valence-electron chi connectivity index (χ2n) is 6.38. The van der Waals surface area contributed by atoms with Crippen LogP contribution < -0.4 is 5.63 Å². The lowest BCUT2D eigenvalue weighted by Crippen LogP contribution is -2.27. The van der Waals surface area contributed by atoms with E-state index in [-0.39, 0.29) is 5.91 Å². The Bertz CT molecular complexity index is 1170. The zero-order valence-electron chi connectivity index (χ0n) is 14.6. The number of carbonyl (C=O) groups is 1. The van der Waals surface area contributed by atoms with Gasteiger partial charge in [0.2, 0.25) is 0 Å². The molecule has 2 heterocycles. The lowest BCUT2D eigenvalue weighted by Gasteiger charge is -2.17. The molecule has 26 heavy (non-hydrogen) atoms. The van der Waals surface area contributed by atoms with E-state index in [0.717, 1.165) is 10.9 Å². The average molecular weight is 346 g/mol. The molecule has 0 spiro atoms.